The van der Waals surface area contributed by atoms with Crippen LogP contribution >= 0.6 is 11.6 Å². The van der Waals surface area contributed by atoms with Crippen molar-refractivity contribution >= 4 is 23.6 Å². The molecule has 1 amide bonds. The van der Waals surface area contributed by atoms with E-state index in [2.05, 4.69) is 9.97 Å². The number of halogens is 4. The average Bonchev–Trinajstić information content (AvgIpc) is 3.05. The average molecular weight is 460 g/mol. The molecule has 2 heterocycles. The monoisotopic (exact) mass is 459 g/mol. The minimum Gasteiger partial charge on any atom is -0.486 e. The van der Waals surface area contributed by atoms with Gasteiger partial charge >= 0.3 is 12.3 Å². The Labute approximate surface area is 182 Å². The minimum atomic E-state index is -4.56. The van der Waals surface area contributed by atoms with Gasteiger partial charge in [-0.25, -0.2) is 19.7 Å². The van der Waals surface area contributed by atoms with Gasteiger partial charge in [-0.05, 0) is 32.9 Å². The van der Waals surface area contributed by atoms with Crippen molar-refractivity contribution in [2.75, 3.05) is 18.1 Å². The highest BCUT2D eigenvalue weighted by atomic mass is 35.5. The maximum Gasteiger partial charge on any atom is 0.417 e. The molecule has 1 fully saturated rings. The summed E-state index contributed by atoms with van der Waals surface area (Å²) in [7, 11) is 0. The summed E-state index contributed by atoms with van der Waals surface area (Å²) in [6.45, 7) is 5.70. The second kappa shape index (κ2) is 8.88. The molecule has 0 radical (unpaired) electrons. The van der Waals surface area contributed by atoms with E-state index >= 15 is 0 Å². The van der Waals surface area contributed by atoms with Crippen molar-refractivity contribution in [3.63, 3.8) is 0 Å². The number of rotatable bonds is 6. The van der Waals surface area contributed by atoms with Gasteiger partial charge in [-0.1, -0.05) is 17.7 Å². The molecule has 2 aromatic rings. The van der Waals surface area contributed by atoms with Gasteiger partial charge in [0.05, 0.1) is 36.7 Å². The lowest BCUT2D eigenvalue weighted by Gasteiger charge is -2.21. The van der Waals surface area contributed by atoms with Crippen LogP contribution in [0.2, 0.25) is 5.02 Å². The second-order valence-corrected chi connectivity index (χ2v) is 8.22. The van der Waals surface area contributed by atoms with E-state index in [4.69, 9.17) is 25.8 Å². The Kier molecular flexibility index (Phi) is 6.61. The molecule has 0 spiro atoms. The molecule has 0 bridgehead atoms. The predicted octanol–water partition coefficient (Wildman–Crippen LogP) is 4.87. The number of cyclic esters (lactones) is 1. The zero-order chi connectivity index (χ0) is 22.8. The highest BCUT2D eigenvalue weighted by Gasteiger charge is 2.35. The van der Waals surface area contributed by atoms with E-state index < -0.39 is 30.5 Å². The summed E-state index contributed by atoms with van der Waals surface area (Å²) in [6.07, 6.45) is -3.11. The first kappa shape index (κ1) is 23.1. The quantitative estimate of drug-likeness (QED) is 0.613. The molecule has 1 saturated heterocycles. The van der Waals surface area contributed by atoms with Crippen LogP contribution in [0.25, 0.3) is 0 Å². The third-order valence-electron chi connectivity index (χ3n) is 4.24. The first-order valence-electron chi connectivity index (χ1n) is 9.35. The molecule has 1 atom stereocenters. The Morgan fingerprint density at radius 2 is 1.90 bits per heavy atom. The van der Waals surface area contributed by atoms with Gasteiger partial charge in [0.2, 0.25) is 5.95 Å². The summed E-state index contributed by atoms with van der Waals surface area (Å²) in [6, 6.07) is 3.51. The Morgan fingerprint density at radius 1 is 1.23 bits per heavy atom. The highest BCUT2D eigenvalue weighted by Crippen LogP contribution is 2.35. The van der Waals surface area contributed by atoms with Gasteiger partial charge in [-0.3, -0.25) is 0 Å². The number of amides is 1. The van der Waals surface area contributed by atoms with Crippen LogP contribution in [0, 0.1) is 0 Å². The standard InChI is InChI=1S/C20H21ClF3N3O4/c1-19(2,3)30-10-13-9-27(18(28)31-13)17-25-7-12(8-26-17)29-11-14-15(20(22,23)24)5-4-6-16(14)21/h4-8,13H,9-11H2,1-3H3. The number of benzene rings is 1. The van der Waals surface area contributed by atoms with Crippen LogP contribution in [0.3, 0.4) is 0 Å². The van der Waals surface area contributed by atoms with Crippen molar-refractivity contribution in [1.29, 1.82) is 0 Å². The highest BCUT2D eigenvalue weighted by molar-refractivity contribution is 6.31. The van der Waals surface area contributed by atoms with Gasteiger partial charge in [0.1, 0.15) is 12.7 Å². The molecule has 1 aliphatic rings. The van der Waals surface area contributed by atoms with E-state index in [-0.39, 0.29) is 41.0 Å². The number of hydrogen-bond acceptors (Lipinski definition) is 6. The molecule has 3 rings (SSSR count). The van der Waals surface area contributed by atoms with E-state index in [1.54, 1.807) is 0 Å². The van der Waals surface area contributed by atoms with Crippen molar-refractivity contribution in [3.05, 3.63) is 46.7 Å². The van der Waals surface area contributed by atoms with Gasteiger partial charge in [0.15, 0.2) is 5.75 Å². The number of anilines is 1. The summed E-state index contributed by atoms with van der Waals surface area (Å²) in [4.78, 5) is 21.4. The number of nitrogens with zero attached hydrogens (tertiary/aromatic N) is 3. The maximum absolute atomic E-state index is 13.2. The summed E-state index contributed by atoms with van der Waals surface area (Å²) in [5, 5.41) is -0.0595. The number of carbonyl (C=O) groups is 1. The molecular formula is C20H21ClF3N3O4. The lowest BCUT2D eigenvalue weighted by molar-refractivity contribution is -0.138. The normalized spacial score (nSPS) is 17.1. The van der Waals surface area contributed by atoms with Gasteiger partial charge < -0.3 is 14.2 Å². The second-order valence-electron chi connectivity index (χ2n) is 7.81. The molecular weight excluding hydrogens is 439 g/mol. The predicted molar refractivity (Wildman–Crippen MR) is 106 cm³/mol. The Hall–Kier alpha value is -2.59. The Morgan fingerprint density at radius 3 is 2.52 bits per heavy atom. The maximum atomic E-state index is 13.2. The molecule has 0 aliphatic carbocycles. The fourth-order valence-electron chi connectivity index (χ4n) is 2.76. The van der Waals surface area contributed by atoms with Gasteiger partial charge in [-0.2, -0.15) is 13.2 Å². The minimum absolute atomic E-state index is 0.0595. The van der Waals surface area contributed by atoms with E-state index in [1.807, 2.05) is 20.8 Å². The van der Waals surface area contributed by atoms with Crippen LogP contribution < -0.4 is 9.64 Å². The van der Waals surface area contributed by atoms with E-state index in [0.717, 1.165) is 6.07 Å². The van der Waals surface area contributed by atoms with Crippen LogP contribution in [0.4, 0.5) is 23.9 Å². The van der Waals surface area contributed by atoms with Crippen LogP contribution in [-0.2, 0) is 22.3 Å². The lowest BCUT2D eigenvalue weighted by Crippen LogP contribution is -2.30. The van der Waals surface area contributed by atoms with Crippen LogP contribution in [0.5, 0.6) is 5.75 Å². The molecule has 0 N–H and O–H groups in total. The molecule has 168 valence electrons. The summed E-state index contributed by atoms with van der Waals surface area (Å²) >= 11 is 5.92. The lowest BCUT2D eigenvalue weighted by atomic mass is 10.1. The molecule has 1 aromatic carbocycles. The molecule has 7 nitrogen and oxygen atoms in total. The molecule has 1 aliphatic heterocycles. The Balaban J connectivity index is 1.64. The third-order valence-corrected chi connectivity index (χ3v) is 4.59. The first-order chi connectivity index (χ1) is 14.4. The largest absolute Gasteiger partial charge is 0.486 e. The number of alkyl halides is 3. The zero-order valence-electron chi connectivity index (χ0n) is 17.1. The van der Waals surface area contributed by atoms with E-state index in [1.165, 1.54) is 29.4 Å². The summed E-state index contributed by atoms with van der Waals surface area (Å²) in [5.74, 6) is 0.210. The van der Waals surface area contributed by atoms with Crippen molar-refractivity contribution in [3.8, 4) is 5.75 Å². The van der Waals surface area contributed by atoms with Gasteiger partial charge in [-0.15, -0.1) is 0 Å². The third kappa shape index (κ3) is 5.98. The van der Waals surface area contributed by atoms with Crippen LogP contribution in [0.1, 0.15) is 31.9 Å². The van der Waals surface area contributed by atoms with Crippen LogP contribution in [-0.4, -0.2) is 40.9 Å². The molecule has 31 heavy (non-hydrogen) atoms. The topological polar surface area (TPSA) is 73.8 Å². The summed E-state index contributed by atoms with van der Waals surface area (Å²) < 4.78 is 55.8. The Bertz CT molecular complexity index is 933. The summed E-state index contributed by atoms with van der Waals surface area (Å²) in [5.41, 5.74) is -1.44. The number of carbonyl (C=O) groups excluding carboxylic acids is 1. The van der Waals surface area contributed by atoms with Crippen molar-refractivity contribution in [1.82, 2.24) is 9.97 Å². The molecule has 11 heteroatoms. The van der Waals surface area contributed by atoms with Gasteiger partial charge in [0.25, 0.3) is 0 Å². The number of aromatic nitrogens is 2. The number of ether oxygens (including phenoxy) is 3. The fourth-order valence-corrected chi connectivity index (χ4v) is 2.99. The molecule has 0 saturated carbocycles. The van der Waals surface area contributed by atoms with E-state index in [9.17, 15) is 18.0 Å². The van der Waals surface area contributed by atoms with Gasteiger partial charge in [0, 0.05) is 10.6 Å². The number of hydrogen-bond donors (Lipinski definition) is 0. The zero-order valence-corrected chi connectivity index (χ0v) is 17.8. The van der Waals surface area contributed by atoms with Crippen LogP contribution in [0.15, 0.2) is 30.6 Å². The van der Waals surface area contributed by atoms with Crippen molar-refractivity contribution in [2.45, 2.75) is 45.3 Å². The molecule has 1 aromatic heterocycles. The van der Waals surface area contributed by atoms with Crippen molar-refractivity contribution in [2.24, 2.45) is 0 Å². The smallest absolute Gasteiger partial charge is 0.417 e. The first-order valence-corrected chi connectivity index (χ1v) is 9.73. The molecule has 1 unspecified atom stereocenters. The van der Waals surface area contributed by atoms with Crippen molar-refractivity contribution < 1.29 is 32.2 Å². The fraction of sp³-hybridized carbons (Fsp3) is 0.450. The SMILES string of the molecule is CC(C)(C)OCC1CN(c2ncc(OCc3c(Cl)cccc3C(F)(F)F)cn2)C(=O)O1. The van der Waals surface area contributed by atoms with E-state index in [0.29, 0.717) is 0 Å².